The lowest BCUT2D eigenvalue weighted by Crippen LogP contribution is -2.32. The van der Waals surface area contributed by atoms with Crippen LogP contribution in [0.15, 0.2) is 75.3 Å². The maximum absolute atomic E-state index is 13.6. The van der Waals surface area contributed by atoms with Gasteiger partial charge >= 0.3 is 0 Å². The number of rotatable bonds is 11. The molecule has 2 aromatic heterocycles. The van der Waals surface area contributed by atoms with Gasteiger partial charge in [0, 0.05) is 18.7 Å². The van der Waals surface area contributed by atoms with Crippen molar-refractivity contribution in [2.45, 2.75) is 31.6 Å². The number of carbonyl (C=O) groups excluding carboxylic acids is 1. The van der Waals surface area contributed by atoms with Crippen LogP contribution in [-0.2, 0) is 10.0 Å². The second kappa shape index (κ2) is 11.7. The van der Waals surface area contributed by atoms with Crippen molar-refractivity contribution < 1.29 is 22.4 Å². The standard InChI is InChI=1S/C26H28N4O5S2/c1-4-14-29(15-5-2)37(32,33)22-11-8-19(9-12-22)25(31)30(27-18-21-7-6-16-35-21)26-28-23-13-10-20(34-3)17-24(23)36-26/h6-13,16-18H,4-5,14-15H2,1-3H3/b27-18+. The Bertz CT molecular complexity index is 1470. The summed E-state index contributed by atoms with van der Waals surface area (Å²) < 4.78 is 39.1. The molecule has 0 saturated carbocycles. The van der Waals surface area contributed by atoms with Crippen LogP contribution in [0, 0.1) is 0 Å². The van der Waals surface area contributed by atoms with Gasteiger partial charge in [0.1, 0.15) is 11.5 Å². The fourth-order valence-corrected chi connectivity index (χ4v) is 6.24. The Labute approximate surface area is 220 Å². The number of benzene rings is 2. The lowest BCUT2D eigenvalue weighted by atomic mass is 10.2. The van der Waals surface area contributed by atoms with Gasteiger partial charge in [-0.05, 0) is 67.4 Å². The highest BCUT2D eigenvalue weighted by Gasteiger charge is 2.25. The van der Waals surface area contributed by atoms with Gasteiger partial charge in [-0.2, -0.15) is 14.4 Å². The van der Waals surface area contributed by atoms with E-state index in [0.29, 0.717) is 48.1 Å². The van der Waals surface area contributed by atoms with E-state index in [0.717, 1.165) is 4.70 Å². The summed E-state index contributed by atoms with van der Waals surface area (Å²) in [6.07, 6.45) is 4.37. The van der Waals surface area contributed by atoms with Gasteiger partial charge in [0.05, 0.1) is 34.7 Å². The van der Waals surface area contributed by atoms with Gasteiger partial charge in [-0.25, -0.2) is 13.4 Å². The number of ether oxygens (including phenoxy) is 1. The molecule has 11 heteroatoms. The quantitative estimate of drug-likeness (QED) is 0.187. The Balaban J connectivity index is 1.68. The van der Waals surface area contributed by atoms with E-state index in [-0.39, 0.29) is 10.5 Å². The van der Waals surface area contributed by atoms with E-state index in [1.54, 1.807) is 25.3 Å². The highest BCUT2D eigenvalue weighted by molar-refractivity contribution is 7.89. The second-order valence-corrected chi connectivity index (χ2v) is 11.1. The Morgan fingerprint density at radius 2 is 1.84 bits per heavy atom. The first-order valence-corrected chi connectivity index (χ1v) is 14.1. The fraction of sp³-hybridized carbons (Fsp3) is 0.269. The minimum Gasteiger partial charge on any atom is -0.497 e. The van der Waals surface area contributed by atoms with Gasteiger partial charge in [-0.15, -0.1) is 0 Å². The van der Waals surface area contributed by atoms with Gasteiger partial charge in [-0.3, -0.25) is 4.79 Å². The largest absolute Gasteiger partial charge is 0.497 e. The van der Waals surface area contributed by atoms with E-state index in [9.17, 15) is 13.2 Å². The minimum absolute atomic E-state index is 0.142. The van der Waals surface area contributed by atoms with Gasteiger partial charge in [0.15, 0.2) is 0 Å². The molecule has 194 valence electrons. The summed E-state index contributed by atoms with van der Waals surface area (Å²) in [6.45, 7) is 4.76. The van der Waals surface area contributed by atoms with Gasteiger partial charge < -0.3 is 9.15 Å². The number of methoxy groups -OCH3 is 1. The molecule has 4 aromatic rings. The fourth-order valence-electron chi connectivity index (χ4n) is 3.67. The molecule has 4 rings (SSSR count). The van der Waals surface area contributed by atoms with E-state index in [1.165, 1.54) is 57.4 Å². The molecule has 0 saturated heterocycles. The number of fused-ring (bicyclic) bond motifs is 1. The molecule has 0 radical (unpaired) electrons. The first kappa shape index (κ1) is 26.5. The second-order valence-electron chi connectivity index (χ2n) is 8.14. The van der Waals surface area contributed by atoms with Crippen molar-refractivity contribution >= 4 is 48.8 Å². The average molecular weight is 541 g/mol. The van der Waals surface area contributed by atoms with Crippen LogP contribution in [0.1, 0.15) is 42.8 Å². The first-order valence-electron chi connectivity index (χ1n) is 11.8. The average Bonchev–Trinajstić information content (AvgIpc) is 3.58. The van der Waals surface area contributed by atoms with E-state index in [1.807, 2.05) is 26.0 Å². The summed E-state index contributed by atoms with van der Waals surface area (Å²) in [4.78, 5) is 18.3. The number of hydrogen-bond acceptors (Lipinski definition) is 8. The Morgan fingerprint density at radius 1 is 1.11 bits per heavy atom. The highest BCUT2D eigenvalue weighted by atomic mass is 32.2. The summed E-state index contributed by atoms with van der Waals surface area (Å²) in [6, 6.07) is 14.8. The molecule has 37 heavy (non-hydrogen) atoms. The number of hydrazone groups is 1. The van der Waals surface area contributed by atoms with Crippen LogP contribution in [-0.4, -0.2) is 50.0 Å². The van der Waals surface area contributed by atoms with Crippen LogP contribution in [0.4, 0.5) is 5.13 Å². The van der Waals surface area contributed by atoms with Crippen LogP contribution in [0.3, 0.4) is 0 Å². The third-order valence-electron chi connectivity index (χ3n) is 5.49. The summed E-state index contributed by atoms with van der Waals surface area (Å²) in [7, 11) is -2.08. The Morgan fingerprint density at radius 3 is 2.46 bits per heavy atom. The summed E-state index contributed by atoms with van der Waals surface area (Å²) in [5.74, 6) is 0.683. The normalized spacial score (nSPS) is 12.0. The third kappa shape index (κ3) is 5.90. The number of carbonyl (C=O) groups is 1. The van der Waals surface area contributed by atoms with Crippen molar-refractivity contribution in [2.24, 2.45) is 5.10 Å². The predicted molar refractivity (Wildman–Crippen MR) is 145 cm³/mol. The van der Waals surface area contributed by atoms with E-state index in [2.05, 4.69) is 10.1 Å². The Kier molecular flexibility index (Phi) is 8.37. The molecule has 0 aliphatic rings. The van der Waals surface area contributed by atoms with Gasteiger partial charge in [-0.1, -0.05) is 25.2 Å². The topological polar surface area (TPSA) is 105 Å². The molecular formula is C26H28N4O5S2. The number of hydrogen-bond donors (Lipinski definition) is 0. The van der Waals surface area contributed by atoms with E-state index < -0.39 is 15.9 Å². The molecule has 2 heterocycles. The van der Waals surface area contributed by atoms with E-state index >= 15 is 0 Å². The molecule has 0 aliphatic carbocycles. The van der Waals surface area contributed by atoms with Crippen LogP contribution in [0.5, 0.6) is 5.75 Å². The molecule has 1 amide bonds. The SMILES string of the molecule is CCCN(CCC)S(=O)(=O)c1ccc(C(=O)N(/N=C/c2ccco2)c2nc3ccc(OC)cc3s2)cc1. The maximum Gasteiger partial charge on any atom is 0.280 e. The molecule has 0 N–H and O–H groups in total. The lowest BCUT2D eigenvalue weighted by molar-refractivity contribution is 0.0987. The molecule has 0 fully saturated rings. The summed E-state index contributed by atoms with van der Waals surface area (Å²) >= 11 is 1.28. The Hall–Kier alpha value is -3.54. The first-order chi connectivity index (χ1) is 17.9. The molecule has 9 nitrogen and oxygen atoms in total. The number of sulfonamides is 1. The van der Waals surface area contributed by atoms with Crippen LogP contribution in [0.2, 0.25) is 0 Å². The number of thiazole rings is 1. The molecule has 0 aliphatic heterocycles. The van der Waals surface area contributed by atoms with Crippen molar-refractivity contribution in [3.63, 3.8) is 0 Å². The predicted octanol–water partition coefficient (Wildman–Crippen LogP) is 5.39. The van der Waals surface area contributed by atoms with Gasteiger partial charge in [0.25, 0.3) is 5.91 Å². The van der Waals surface area contributed by atoms with Crippen molar-refractivity contribution in [3.05, 3.63) is 72.2 Å². The molecule has 0 spiro atoms. The molecule has 0 unspecified atom stereocenters. The molecular weight excluding hydrogens is 512 g/mol. The number of nitrogens with zero attached hydrogens (tertiary/aromatic N) is 4. The monoisotopic (exact) mass is 540 g/mol. The zero-order valence-corrected chi connectivity index (χ0v) is 22.5. The number of anilines is 1. The third-order valence-corrected chi connectivity index (χ3v) is 8.39. The van der Waals surface area contributed by atoms with Crippen LogP contribution in [0.25, 0.3) is 10.2 Å². The van der Waals surface area contributed by atoms with Crippen LogP contribution < -0.4 is 9.75 Å². The summed E-state index contributed by atoms with van der Waals surface area (Å²) in [5, 5.41) is 5.89. The van der Waals surface area contributed by atoms with Crippen molar-refractivity contribution in [2.75, 3.05) is 25.2 Å². The highest BCUT2D eigenvalue weighted by Crippen LogP contribution is 2.32. The molecule has 2 aromatic carbocycles. The van der Waals surface area contributed by atoms with Crippen molar-refractivity contribution in [1.82, 2.24) is 9.29 Å². The van der Waals surface area contributed by atoms with Gasteiger partial charge in [0.2, 0.25) is 15.2 Å². The smallest absolute Gasteiger partial charge is 0.280 e. The number of aromatic nitrogens is 1. The maximum atomic E-state index is 13.6. The molecule has 0 atom stereocenters. The zero-order chi connectivity index (χ0) is 26.4. The zero-order valence-electron chi connectivity index (χ0n) is 20.8. The van der Waals surface area contributed by atoms with Crippen molar-refractivity contribution in [3.8, 4) is 5.75 Å². The lowest BCUT2D eigenvalue weighted by Gasteiger charge is -2.21. The molecule has 0 bridgehead atoms. The summed E-state index contributed by atoms with van der Waals surface area (Å²) in [5.41, 5.74) is 0.963. The number of furan rings is 1. The number of amides is 1. The van der Waals surface area contributed by atoms with E-state index in [4.69, 9.17) is 9.15 Å². The minimum atomic E-state index is -3.66. The van der Waals surface area contributed by atoms with Crippen molar-refractivity contribution in [1.29, 1.82) is 0 Å². The van der Waals surface area contributed by atoms with Crippen LogP contribution >= 0.6 is 11.3 Å².